The third-order valence-electron chi connectivity index (χ3n) is 4.24. The minimum Gasteiger partial charge on any atom is -0.337 e. The number of aromatic nitrogens is 3. The summed E-state index contributed by atoms with van der Waals surface area (Å²) in [6, 6.07) is 11.4. The number of benzene rings is 1. The number of amides is 1. The molecule has 1 aliphatic rings. The van der Waals surface area contributed by atoms with Crippen molar-refractivity contribution in [1.29, 1.82) is 0 Å². The zero-order valence-corrected chi connectivity index (χ0v) is 12.5. The van der Waals surface area contributed by atoms with E-state index < -0.39 is 0 Å². The number of aromatic amines is 1. The van der Waals surface area contributed by atoms with Gasteiger partial charge in [-0.1, -0.05) is 30.3 Å². The Morgan fingerprint density at radius 2 is 2.04 bits per heavy atom. The molecule has 6 heteroatoms. The first-order valence-corrected chi connectivity index (χ1v) is 7.62. The van der Waals surface area contributed by atoms with E-state index in [-0.39, 0.29) is 11.5 Å². The van der Waals surface area contributed by atoms with Crippen molar-refractivity contribution in [3.63, 3.8) is 0 Å². The predicted molar refractivity (Wildman–Crippen MR) is 85.1 cm³/mol. The van der Waals surface area contributed by atoms with Crippen molar-refractivity contribution in [1.82, 2.24) is 19.5 Å². The fraction of sp³-hybridized carbons (Fsp3) is 0.235. The summed E-state index contributed by atoms with van der Waals surface area (Å²) in [7, 11) is 0. The zero-order chi connectivity index (χ0) is 15.8. The Bertz CT molecular complexity index is 927. The van der Waals surface area contributed by atoms with Crippen molar-refractivity contribution < 1.29 is 4.79 Å². The van der Waals surface area contributed by atoms with E-state index in [0.717, 1.165) is 11.3 Å². The van der Waals surface area contributed by atoms with E-state index >= 15 is 0 Å². The summed E-state index contributed by atoms with van der Waals surface area (Å²) in [4.78, 5) is 31.3. The number of rotatable bonds is 2. The molecule has 0 fully saturated rings. The molecule has 3 heterocycles. The van der Waals surface area contributed by atoms with E-state index in [1.807, 2.05) is 30.3 Å². The molecule has 0 atom stereocenters. The smallest absolute Gasteiger partial charge is 0.277 e. The highest BCUT2D eigenvalue weighted by Gasteiger charge is 2.25. The molecular weight excluding hydrogens is 292 g/mol. The molecule has 1 amide bonds. The van der Waals surface area contributed by atoms with Gasteiger partial charge in [0.05, 0.1) is 24.2 Å². The molecule has 0 bridgehead atoms. The Kier molecular flexibility index (Phi) is 3.22. The van der Waals surface area contributed by atoms with Crippen LogP contribution in [-0.4, -0.2) is 31.9 Å². The van der Waals surface area contributed by atoms with Crippen molar-refractivity contribution >= 4 is 11.6 Å². The van der Waals surface area contributed by atoms with Gasteiger partial charge in [-0.3, -0.25) is 14.7 Å². The van der Waals surface area contributed by atoms with Crippen LogP contribution in [0.25, 0.3) is 5.65 Å². The first-order chi connectivity index (χ1) is 11.2. The molecule has 0 aliphatic carbocycles. The lowest BCUT2D eigenvalue weighted by Gasteiger charge is -2.27. The summed E-state index contributed by atoms with van der Waals surface area (Å²) in [6.07, 6.45) is 2.66. The van der Waals surface area contributed by atoms with Gasteiger partial charge in [-0.05, 0) is 5.56 Å². The highest BCUT2D eigenvalue weighted by atomic mass is 16.2. The molecule has 2 aromatic heterocycles. The Morgan fingerprint density at radius 1 is 1.22 bits per heavy atom. The van der Waals surface area contributed by atoms with E-state index in [1.54, 1.807) is 17.2 Å². The lowest BCUT2D eigenvalue weighted by atomic mass is 10.1. The van der Waals surface area contributed by atoms with E-state index in [2.05, 4.69) is 10.1 Å². The topological polar surface area (TPSA) is 70.5 Å². The number of carbonyl (C=O) groups excluding carboxylic acids is 1. The van der Waals surface area contributed by atoms with Crippen LogP contribution in [0.3, 0.4) is 0 Å². The van der Waals surface area contributed by atoms with Gasteiger partial charge in [0, 0.05) is 25.2 Å². The maximum Gasteiger partial charge on any atom is 0.277 e. The van der Waals surface area contributed by atoms with Crippen LogP contribution >= 0.6 is 0 Å². The summed E-state index contributed by atoms with van der Waals surface area (Å²) in [5.74, 6) is 0.0397. The van der Waals surface area contributed by atoms with E-state index in [1.165, 1.54) is 4.52 Å². The van der Waals surface area contributed by atoms with Crippen LogP contribution in [0.1, 0.15) is 16.8 Å². The molecule has 0 saturated heterocycles. The molecule has 116 valence electrons. The molecule has 0 radical (unpaired) electrons. The second-order valence-corrected chi connectivity index (χ2v) is 5.73. The Labute approximate surface area is 132 Å². The monoisotopic (exact) mass is 308 g/mol. The van der Waals surface area contributed by atoms with E-state index in [9.17, 15) is 9.59 Å². The zero-order valence-electron chi connectivity index (χ0n) is 12.5. The van der Waals surface area contributed by atoms with Crippen LogP contribution in [0, 0.1) is 0 Å². The summed E-state index contributed by atoms with van der Waals surface area (Å²) in [6.45, 7) is 0.931. The van der Waals surface area contributed by atoms with Crippen molar-refractivity contribution in [2.45, 2.75) is 19.4 Å². The van der Waals surface area contributed by atoms with Crippen LogP contribution in [0.4, 0.5) is 0 Å². The molecule has 0 spiro atoms. The molecule has 1 N–H and O–H groups in total. The van der Waals surface area contributed by atoms with Gasteiger partial charge in [0.2, 0.25) is 5.91 Å². The average molecular weight is 308 g/mol. The molecule has 4 rings (SSSR count). The van der Waals surface area contributed by atoms with Crippen LogP contribution in [0.2, 0.25) is 0 Å². The Morgan fingerprint density at radius 3 is 2.87 bits per heavy atom. The number of hydrogen-bond donors (Lipinski definition) is 1. The summed E-state index contributed by atoms with van der Waals surface area (Å²) < 4.78 is 1.42. The summed E-state index contributed by atoms with van der Waals surface area (Å²) in [5, 5.41) is 2.86. The average Bonchev–Trinajstić information content (AvgIpc) is 3.04. The highest BCUT2D eigenvalue weighted by molar-refractivity contribution is 5.79. The van der Waals surface area contributed by atoms with Gasteiger partial charge in [0.25, 0.3) is 5.56 Å². The first kappa shape index (κ1) is 13.8. The van der Waals surface area contributed by atoms with E-state index in [0.29, 0.717) is 37.1 Å². The van der Waals surface area contributed by atoms with Gasteiger partial charge in [-0.15, -0.1) is 0 Å². The highest BCUT2D eigenvalue weighted by Crippen LogP contribution is 2.16. The van der Waals surface area contributed by atoms with Crippen LogP contribution in [0.15, 0.2) is 47.4 Å². The van der Waals surface area contributed by atoms with Crippen molar-refractivity contribution in [3.8, 4) is 0 Å². The number of nitrogens with one attached hydrogen (secondary N) is 1. The molecule has 0 unspecified atom stereocenters. The Hall–Kier alpha value is -2.89. The maximum absolute atomic E-state index is 12.5. The van der Waals surface area contributed by atoms with Crippen molar-refractivity contribution in [3.05, 3.63) is 69.8 Å². The summed E-state index contributed by atoms with van der Waals surface area (Å²) >= 11 is 0. The second kappa shape index (κ2) is 5.39. The van der Waals surface area contributed by atoms with Gasteiger partial charge in [0.1, 0.15) is 0 Å². The molecule has 1 aliphatic heterocycles. The van der Waals surface area contributed by atoms with Crippen LogP contribution in [0.5, 0.6) is 0 Å². The molecule has 3 aromatic rings. The quantitative estimate of drug-likeness (QED) is 0.772. The number of carbonyl (C=O) groups is 1. The fourth-order valence-corrected chi connectivity index (χ4v) is 3.01. The molecule has 23 heavy (non-hydrogen) atoms. The SMILES string of the molecule is O=C(Cc1ccccc1)N1CCc2nc3cc[nH]n3c(=O)c2C1. The molecule has 1 aromatic carbocycles. The van der Waals surface area contributed by atoms with Crippen molar-refractivity contribution in [2.75, 3.05) is 6.54 Å². The number of nitrogens with zero attached hydrogens (tertiary/aromatic N) is 3. The number of fused-ring (bicyclic) bond motifs is 2. The van der Waals surface area contributed by atoms with Crippen molar-refractivity contribution in [2.24, 2.45) is 0 Å². The molecule has 0 saturated carbocycles. The standard InChI is InChI=1S/C17H16N4O2/c22-16(10-12-4-2-1-3-5-12)20-9-7-14-13(11-20)17(23)21-15(19-14)6-8-18-21/h1-6,8,18H,7,9-11H2. The third kappa shape index (κ3) is 2.42. The lowest BCUT2D eigenvalue weighted by Crippen LogP contribution is -2.40. The van der Waals surface area contributed by atoms with Crippen LogP contribution < -0.4 is 5.56 Å². The normalized spacial score (nSPS) is 14.0. The number of H-pyrrole nitrogens is 1. The lowest BCUT2D eigenvalue weighted by molar-refractivity contribution is -0.131. The third-order valence-corrected chi connectivity index (χ3v) is 4.24. The van der Waals surface area contributed by atoms with Gasteiger partial charge >= 0.3 is 0 Å². The minimum atomic E-state index is -0.118. The van der Waals surface area contributed by atoms with Crippen LogP contribution in [-0.2, 0) is 24.2 Å². The molecular formula is C17H16N4O2. The van der Waals surface area contributed by atoms with E-state index in [4.69, 9.17) is 0 Å². The van der Waals surface area contributed by atoms with Gasteiger partial charge in [-0.25, -0.2) is 9.50 Å². The minimum absolute atomic E-state index is 0.0397. The molecule has 6 nitrogen and oxygen atoms in total. The van der Waals surface area contributed by atoms with Gasteiger partial charge in [0.15, 0.2) is 5.65 Å². The summed E-state index contributed by atoms with van der Waals surface area (Å²) in [5.41, 5.74) is 2.90. The second-order valence-electron chi connectivity index (χ2n) is 5.73. The first-order valence-electron chi connectivity index (χ1n) is 7.62. The Balaban J connectivity index is 1.61. The predicted octanol–water partition coefficient (Wildman–Crippen LogP) is 1.15. The maximum atomic E-state index is 12.5. The largest absolute Gasteiger partial charge is 0.337 e. The number of hydrogen-bond acceptors (Lipinski definition) is 3. The fourth-order valence-electron chi connectivity index (χ4n) is 3.01. The van der Waals surface area contributed by atoms with Gasteiger partial charge < -0.3 is 4.90 Å². The van der Waals surface area contributed by atoms with Gasteiger partial charge in [-0.2, -0.15) is 0 Å².